The van der Waals surface area contributed by atoms with Gasteiger partial charge in [-0.2, -0.15) is 0 Å². The van der Waals surface area contributed by atoms with Gasteiger partial charge in [-0.15, -0.1) is 0 Å². The van der Waals surface area contributed by atoms with Gasteiger partial charge in [-0.05, 0) is 0 Å². The Hall–Kier alpha value is 0.230. The average Bonchev–Trinajstić information content (AvgIpc) is 2.51. The minimum atomic E-state index is -3.58. The number of hydrogen-bond acceptors (Lipinski definition) is 5. The molecule has 5 nitrogen and oxygen atoms in total. The summed E-state index contributed by atoms with van der Waals surface area (Å²) in [5.74, 6) is 0. The van der Waals surface area contributed by atoms with Crippen LogP contribution in [0.4, 0.5) is 0 Å². The van der Waals surface area contributed by atoms with Crippen molar-refractivity contribution in [3.8, 4) is 0 Å². The second-order valence-corrected chi connectivity index (χ2v) is 7.17. The normalized spacial score (nSPS) is 44.7. The maximum absolute atomic E-state index is 5.80. The fourth-order valence-corrected chi connectivity index (χ4v) is 5.40. The van der Waals surface area contributed by atoms with E-state index in [-0.39, 0.29) is 11.7 Å². The molecule has 82 valence electrons. The van der Waals surface area contributed by atoms with E-state index in [9.17, 15) is 0 Å². The molecule has 3 aliphatic heterocycles. The maximum atomic E-state index is 5.80. The zero-order chi connectivity index (χ0) is 9.89. The first-order valence-corrected chi connectivity index (χ1v) is 6.71. The molecule has 1 spiro atoms. The zero-order valence-electron chi connectivity index (χ0n) is 8.39. The Balaban J connectivity index is 1.95. The molecule has 3 heterocycles. The van der Waals surface area contributed by atoms with Crippen molar-refractivity contribution < 1.29 is 22.6 Å². The van der Waals surface area contributed by atoms with Gasteiger partial charge in [-0.3, -0.25) is 0 Å². The van der Waals surface area contributed by atoms with Crippen LogP contribution >= 0.6 is 7.74 Å². The van der Waals surface area contributed by atoms with Crippen LogP contribution in [0.5, 0.6) is 0 Å². The first-order valence-electron chi connectivity index (χ1n) is 4.89. The van der Waals surface area contributed by atoms with Crippen molar-refractivity contribution in [3.05, 3.63) is 0 Å². The molecule has 0 aromatic rings. The molecule has 14 heavy (non-hydrogen) atoms. The number of rotatable bonds is 0. The van der Waals surface area contributed by atoms with E-state index in [0.717, 1.165) is 6.42 Å². The average molecular weight is 222 g/mol. The summed E-state index contributed by atoms with van der Waals surface area (Å²) in [5.41, 5.74) is -0.385. The molecule has 1 atom stereocenters. The first-order chi connectivity index (χ1) is 6.51. The van der Waals surface area contributed by atoms with E-state index in [2.05, 4.69) is 0 Å². The molecule has 1 unspecified atom stereocenters. The van der Waals surface area contributed by atoms with Crippen molar-refractivity contribution in [2.24, 2.45) is 0 Å². The van der Waals surface area contributed by atoms with Crippen molar-refractivity contribution in [1.82, 2.24) is 0 Å². The fourth-order valence-electron chi connectivity index (χ4n) is 1.94. The fraction of sp³-hybridized carbons (Fsp3) is 1.00. The van der Waals surface area contributed by atoms with Crippen LogP contribution in [-0.4, -0.2) is 31.5 Å². The van der Waals surface area contributed by atoms with Gasteiger partial charge in [0.1, 0.15) is 0 Å². The third kappa shape index (κ3) is 1.18. The first kappa shape index (κ1) is 9.46. The van der Waals surface area contributed by atoms with Gasteiger partial charge in [0, 0.05) is 0 Å². The molecule has 3 aliphatic rings. The van der Waals surface area contributed by atoms with Crippen LogP contribution < -0.4 is 0 Å². The third-order valence-corrected chi connectivity index (χ3v) is 5.71. The van der Waals surface area contributed by atoms with Crippen molar-refractivity contribution in [3.63, 3.8) is 0 Å². The van der Waals surface area contributed by atoms with E-state index < -0.39 is 7.74 Å². The van der Waals surface area contributed by atoms with Gasteiger partial charge in [-0.25, -0.2) is 0 Å². The van der Waals surface area contributed by atoms with Crippen LogP contribution in [0.3, 0.4) is 0 Å². The molecular weight excluding hydrogens is 207 g/mol. The summed E-state index contributed by atoms with van der Waals surface area (Å²) in [6, 6.07) is 0. The Morgan fingerprint density at radius 1 is 1.21 bits per heavy atom. The Morgan fingerprint density at radius 2 is 2.07 bits per heavy atom. The van der Waals surface area contributed by atoms with Crippen molar-refractivity contribution in [1.29, 1.82) is 0 Å². The molecule has 0 saturated carbocycles. The molecule has 0 aromatic carbocycles. The predicted molar refractivity (Wildman–Crippen MR) is 49.4 cm³/mol. The number of fused-ring (bicyclic) bond motifs is 1. The second kappa shape index (κ2) is 2.48. The summed E-state index contributed by atoms with van der Waals surface area (Å²) < 4.78 is 28.3. The Bertz CT molecular complexity index is 277. The van der Waals surface area contributed by atoms with Gasteiger partial charge < -0.3 is 0 Å². The zero-order valence-corrected chi connectivity index (χ0v) is 9.29. The van der Waals surface area contributed by atoms with Gasteiger partial charge in [0.05, 0.1) is 0 Å². The Morgan fingerprint density at radius 3 is 2.79 bits per heavy atom. The molecule has 3 saturated heterocycles. The standard InChI is InChI=1S/C8H15O5P/c1-8(2)6-11-14(13-8)9-4-3-7(12-14)5-10-14/h7H,3-6H2,1-2H3. The summed E-state index contributed by atoms with van der Waals surface area (Å²) in [5, 5.41) is 0. The molecule has 3 rings (SSSR count). The summed E-state index contributed by atoms with van der Waals surface area (Å²) in [4.78, 5) is 0. The van der Waals surface area contributed by atoms with Crippen molar-refractivity contribution >= 4 is 7.74 Å². The van der Waals surface area contributed by atoms with Gasteiger partial charge in [-0.1, -0.05) is 0 Å². The van der Waals surface area contributed by atoms with Gasteiger partial charge in [0.2, 0.25) is 0 Å². The summed E-state index contributed by atoms with van der Waals surface area (Å²) in [6.45, 7) is 5.46. The minimum absolute atomic E-state index is 0.0790. The molecule has 3 fully saturated rings. The van der Waals surface area contributed by atoms with E-state index in [1.807, 2.05) is 13.8 Å². The van der Waals surface area contributed by atoms with Crippen LogP contribution in [0.2, 0.25) is 0 Å². The van der Waals surface area contributed by atoms with Crippen molar-refractivity contribution in [2.45, 2.75) is 32.0 Å². The quantitative estimate of drug-likeness (QED) is 0.584. The predicted octanol–water partition coefficient (Wildman–Crippen LogP) is 1.78. The Labute approximate surface area is 82.9 Å². The molecule has 0 radical (unpaired) electrons. The van der Waals surface area contributed by atoms with E-state index in [4.69, 9.17) is 22.6 Å². The van der Waals surface area contributed by atoms with Crippen LogP contribution in [0.1, 0.15) is 20.3 Å². The SMILES string of the molecule is CC1(C)COP23(OCCC(CO2)O3)O1. The number of hydrogen-bond donors (Lipinski definition) is 0. The monoisotopic (exact) mass is 222 g/mol. The van der Waals surface area contributed by atoms with Crippen molar-refractivity contribution in [2.75, 3.05) is 19.8 Å². The van der Waals surface area contributed by atoms with Crippen LogP contribution in [0.25, 0.3) is 0 Å². The van der Waals surface area contributed by atoms with E-state index in [1.165, 1.54) is 0 Å². The van der Waals surface area contributed by atoms with Crippen LogP contribution in [-0.2, 0) is 22.6 Å². The van der Waals surface area contributed by atoms with Gasteiger partial charge >= 0.3 is 82.2 Å². The van der Waals surface area contributed by atoms with Gasteiger partial charge in [0.15, 0.2) is 0 Å². The summed E-state index contributed by atoms with van der Waals surface area (Å²) >= 11 is 0. The topological polar surface area (TPSA) is 46.2 Å². The molecule has 0 aliphatic carbocycles. The molecule has 0 N–H and O–H groups in total. The van der Waals surface area contributed by atoms with Gasteiger partial charge in [0.25, 0.3) is 0 Å². The molecular formula is C8H15O5P. The third-order valence-electron chi connectivity index (χ3n) is 2.55. The second-order valence-electron chi connectivity index (χ2n) is 4.51. The van der Waals surface area contributed by atoms with E-state index in [0.29, 0.717) is 19.8 Å². The van der Waals surface area contributed by atoms with Crippen LogP contribution in [0, 0.1) is 0 Å². The molecule has 6 heteroatoms. The summed E-state index contributed by atoms with van der Waals surface area (Å²) in [6.07, 6.45) is 0.931. The molecule has 0 amide bonds. The van der Waals surface area contributed by atoms with Crippen LogP contribution in [0.15, 0.2) is 0 Å². The summed E-state index contributed by atoms with van der Waals surface area (Å²) in [7, 11) is -3.58. The van der Waals surface area contributed by atoms with E-state index in [1.54, 1.807) is 0 Å². The molecule has 0 aromatic heterocycles. The molecule has 2 bridgehead atoms. The Kier molecular flexibility index (Phi) is 1.68. The van der Waals surface area contributed by atoms with E-state index >= 15 is 0 Å².